The summed E-state index contributed by atoms with van der Waals surface area (Å²) >= 11 is 0. The molecule has 0 spiro atoms. The van der Waals surface area contributed by atoms with Gasteiger partial charge in [0, 0.05) is 18.7 Å². The average Bonchev–Trinajstić information content (AvgIpc) is 2.95. The van der Waals surface area contributed by atoms with Gasteiger partial charge in [0.15, 0.2) is 5.69 Å². The Kier molecular flexibility index (Phi) is 3.67. The van der Waals surface area contributed by atoms with Crippen molar-refractivity contribution in [3.8, 4) is 5.69 Å². The molecular formula is C17H19N3O3. The molecule has 0 radical (unpaired) electrons. The molecule has 1 aromatic heterocycles. The zero-order valence-electron chi connectivity index (χ0n) is 13.1. The maximum absolute atomic E-state index is 12.0. The summed E-state index contributed by atoms with van der Waals surface area (Å²) in [5.41, 5.74) is 1.83. The number of benzene rings is 1. The normalized spacial score (nSPS) is 18.4. The lowest BCUT2D eigenvalue weighted by molar-refractivity contribution is -0.123. The van der Waals surface area contributed by atoms with Gasteiger partial charge >= 0.3 is 5.97 Å². The largest absolute Gasteiger partial charge is 0.476 e. The van der Waals surface area contributed by atoms with Crippen molar-refractivity contribution < 1.29 is 14.7 Å². The fraction of sp³-hybridized carbons (Fsp3) is 0.353. The van der Waals surface area contributed by atoms with Crippen LogP contribution in [-0.4, -0.2) is 26.8 Å². The van der Waals surface area contributed by atoms with E-state index in [1.54, 1.807) is 6.20 Å². The van der Waals surface area contributed by atoms with Crippen LogP contribution in [0.15, 0.2) is 36.5 Å². The molecule has 1 aliphatic carbocycles. The van der Waals surface area contributed by atoms with Crippen molar-refractivity contribution in [1.29, 1.82) is 0 Å². The Morgan fingerprint density at radius 2 is 2.13 bits per heavy atom. The van der Waals surface area contributed by atoms with E-state index in [1.165, 1.54) is 10.7 Å². The van der Waals surface area contributed by atoms with Crippen molar-refractivity contribution in [3.63, 3.8) is 0 Å². The van der Waals surface area contributed by atoms with Crippen LogP contribution in [-0.2, 0) is 11.3 Å². The number of nitrogens with zero attached hydrogens (tertiary/aromatic N) is 2. The molecule has 0 saturated heterocycles. The first-order valence-electron chi connectivity index (χ1n) is 7.53. The van der Waals surface area contributed by atoms with E-state index in [0.717, 1.165) is 17.7 Å². The van der Waals surface area contributed by atoms with E-state index in [9.17, 15) is 9.59 Å². The number of carbonyl (C=O) groups is 2. The lowest BCUT2D eigenvalue weighted by Gasteiger charge is -2.08. The number of hydrogen-bond acceptors (Lipinski definition) is 3. The number of carboxylic acid groups (broad SMARTS) is 1. The number of amides is 1. The Morgan fingerprint density at radius 1 is 1.39 bits per heavy atom. The highest BCUT2D eigenvalue weighted by Crippen LogP contribution is 2.51. The van der Waals surface area contributed by atoms with Crippen molar-refractivity contribution in [3.05, 3.63) is 47.8 Å². The summed E-state index contributed by atoms with van der Waals surface area (Å²) in [5.74, 6) is -0.859. The second-order valence-electron chi connectivity index (χ2n) is 6.58. The third-order valence-corrected chi connectivity index (χ3v) is 4.28. The van der Waals surface area contributed by atoms with Gasteiger partial charge in [0.25, 0.3) is 0 Å². The van der Waals surface area contributed by atoms with Crippen LogP contribution >= 0.6 is 0 Å². The molecule has 1 aromatic carbocycles. The van der Waals surface area contributed by atoms with Crippen LogP contribution < -0.4 is 5.32 Å². The summed E-state index contributed by atoms with van der Waals surface area (Å²) in [5, 5.41) is 15.9. The SMILES string of the molecule is CC1(C)C[C@@H]1C(=O)NCc1cccc(-n2ccc(C(=O)O)n2)c1. The minimum atomic E-state index is -1.06. The van der Waals surface area contributed by atoms with Crippen molar-refractivity contribution >= 4 is 11.9 Å². The predicted molar refractivity (Wildman–Crippen MR) is 84.3 cm³/mol. The van der Waals surface area contributed by atoms with E-state index in [4.69, 9.17) is 5.11 Å². The van der Waals surface area contributed by atoms with E-state index >= 15 is 0 Å². The first-order chi connectivity index (χ1) is 10.9. The fourth-order valence-corrected chi connectivity index (χ4v) is 2.62. The van der Waals surface area contributed by atoms with E-state index in [2.05, 4.69) is 24.3 Å². The van der Waals surface area contributed by atoms with Crippen LogP contribution in [0.25, 0.3) is 5.69 Å². The predicted octanol–water partition coefficient (Wildman–Crippen LogP) is 2.23. The van der Waals surface area contributed by atoms with Gasteiger partial charge in [0.2, 0.25) is 5.91 Å². The maximum Gasteiger partial charge on any atom is 0.356 e. The Balaban J connectivity index is 1.67. The van der Waals surface area contributed by atoms with Crippen molar-refractivity contribution in [2.24, 2.45) is 11.3 Å². The number of carboxylic acids is 1. The Morgan fingerprint density at radius 3 is 2.74 bits per heavy atom. The molecule has 1 saturated carbocycles. The van der Waals surface area contributed by atoms with Crippen LogP contribution in [0.2, 0.25) is 0 Å². The summed E-state index contributed by atoms with van der Waals surface area (Å²) in [6.07, 6.45) is 2.54. The summed E-state index contributed by atoms with van der Waals surface area (Å²) < 4.78 is 1.51. The minimum absolute atomic E-state index is 0.000305. The number of nitrogens with one attached hydrogen (secondary N) is 1. The molecule has 1 heterocycles. The topological polar surface area (TPSA) is 84.2 Å². The summed E-state index contributed by atoms with van der Waals surface area (Å²) in [4.78, 5) is 22.9. The molecule has 2 N–H and O–H groups in total. The molecule has 0 unspecified atom stereocenters. The lowest BCUT2D eigenvalue weighted by atomic mass is 10.1. The highest BCUT2D eigenvalue weighted by Gasteiger charge is 2.50. The van der Waals surface area contributed by atoms with Gasteiger partial charge < -0.3 is 10.4 Å². The monoisotopic (exact) mass is 313 g/mol. The van der Waals surface area contributed by atoms with Crippen LogP contribution in [0, 0.1) is 11.3 Å². The second-order valence-corrected chi connectivity index (χ2v) is 6.58. The molecular weight excluding hydrogens is 294 g/mol. The lowest BCUT2D eigenvalue weighted by Crippen LogP contribution is -2.26. The van der Waals surface area contributed by atoms with Gasteiger partial charge in [0.1, 0.15) is 0 Å². The zero-order chi connectivity index (χ0) is 16.6. The molecule has 0 aliphatic heterocycles. The maximum atomic E-state index is 12.0. The van der Waals surface area contributed by atoms with Gasteiger partial charge in [-0.1, -0.05) is 26.0 Å². The highest BCUT2D eigenvalue weighted by molar-refractivity contribution is 5.85. The van der Waals surface area contributed by atoms with Gasteiger partial charge in [-0.3, -0.25) is 4.79 Å². The van der Waals surface area contributed by atoms with Crippen LogP contribution in [0.3, 0.4) is 0 Å². The number of aromatic carboxylic acids is 1. The van der Waals surface area contributed by atoms with Crippen LogP contribution in [0.5, 0.6) is 0 Å². The summed E-state index contributed by atoms with van der Waals surface area (Å²) in [6.45, 7) is 4.64. The molecule has 1 amide bonds. The van der Waals surface area contributed by atoms with Gasteiger partial charge in [-0.25, -0.2) is 9.48 Å². The van der Waals surface area contributed by atoms with E-state index < -0.39 is 5.97 Å². The second kappa shape index (κ2) is 5.53. The molecule has 6 nitrogen and oxygen atoms in total. The summed E-state index contributed by atoms with van der Waals surface area (Å²) in [7, 11) is 0. The molecule has 1 aliphatic rings. The van der Waals surface area contributed by atoms with Crippen molar-refractivity contribution in [2.75, 3.05) is 0 Å². The third kappa shape index (κ3) is 3.26. The average molecular weight is 313 g/mol. The van der Waals surface area contributed by atoms with Gasteiger partial charge in [-0.2, -0.15) is 5.10 Å². The van der Waals surface area contributed by atoms with Gasteiger partial charge in [0.05, 0.1) is 5.69 Å². The molecule has 1 atom stereocenters. The Bertz CT molecular complexity index is 764. The van der Waals surface area contributed by atoms with Crippen LogP contribution in [0.4, 0.5) is 0 Å². The smallest absolute Gasteiger partial charge is 0.356 e. The third-order valence-electron chi connectivity index (χ3n) is 4.28. The van der Waals surface area contributed by atoms with Gasteiger partial charge in [-0.05, 0) is 35.6 Å². The van der Waals surface area contributed by atoms with Crippen molar-refractivity contribution in [2.45, 2.75) is 26.8 Å². The van der Waals surface area contributed by atoms with Crippen molar-refractivity contribution in [1.82, 2.24) is 15.1 Å². The quantitative estimate of drug-likeness (QED) is 0.886. The van der Waals surface area contributed by atoms with E-state index in [0.29, 0.717) is 6.54 Å². The molecule has 1 fully saturated rings. The minimum Gasteiger partial charge on any atom is -0.476 e. The van der Waals surface area contributed by atoms with E-state index in [1.807, 2.05) is 24.3 Å². The Hall–Kier alpha value is -2.63. The standard InChI is InChI=1S/C17H19N3O3/c1-17(2)9-13(17)15(21)18-10-11-4-3-5-12(8-11)20-7-6-14(19-20)16(22)23/h3-8,13H,9-10H2,1-2H3,(H,18,21)(H,22,23)/t13-/m1/s1. The molecule has 2 aromatic rings. The first-order valence-corrected chi connectivity index (χ1v) is 7.53. The molecule has 23 heavy (non-hydrogen) atoms. The number of rotatable bonds is 5. The fourth-order valence-electron chi connectivity index (χ4n) is 2.62. The van der Waals surface area contributed by atoms with Crippen LogP contribution in [0.1, 0.15) is 36.3 Å². The van der Waals surface area contributed by atoms with Gasteiger partial charge in [-0.15, -0.1) is 0 Å². The molecule has 0 bridgehead atoms. The molecule has 3 rings (SSSR count). The molecule has 6 heteroatoms. The number of carbonyl (C=O) groups excluding carboxylic acids is 1. The molecule has 120 valence electrons. The number of hydrogen-bond donors (Lipinski definition) is 2. The first kappa shape index (κ1) is 15.3. The Labute approximate surface area is 134 Å². The number of aromatic nitrogens is 2. The highest BCUT2D eigenvalue weighted by atomic mass is 16.4. The summed E-state index contributed by atoms with van der Waals surface area (Å²) in [6, 6.07) is 8.96. The van der Waals surface area contributed by atoms with E-state index in [-0.39, 0.29) is 22.9 Å². The zero-order valence-corrected chi connectivity index (χ0v) is 13.1.